The van der Waals surface area contributed by atoms with E-state index in [0.717, 1.165) is 6.42 Å². The zero-order valence-corrected chi connectivity index (χ0v) is 16.7. The monoisotopic (exact) mass is 344 g/mol. The van der Waals surface area contributed by atoms with Gasteiger partial charge in [0, 0.05) is 0 Å². The topological polar surface area (TPSA) is 0 Å². The van der Waals surface area contributed by atoms with Crippen LogP contribution in [0, 0.1) is 10.8 Å². The maximum Gasteiger partial charge on any atom is 0.148 e. The van der Waals surface area contributed by atoms with E-state index < -0.39 is 0 Å². The Hall–Kier alpha value is -0.160. The van der Waals surface area contributed by atoms with Crippen LogP contribution in [0.4, 0.5) is 0 Å². The zero-order valence-electron chi connectivity index (χ0n) is 15.1. The van der Waals surface area contributed by atoms with Gasteiger partial charge in [0.2, 0.25) is 0 Å². The highest BCUT2D eigenvalue weighted by atomic mass is 35.5. The molecule has 0 saturated carbocycles. The Bertz CT molecular complexity index is 379. The Morgan fingerprint density at radius 3 is 1.95 bits per heavy atom. The number of rotatable bonds is 11. The Morgan fingerprint density at radius 2 is 1.45 bits per heavy atom. The van der Waals surface area contributed by atoms with Crippen LogP contribution in [0.1, 0.15) is 86.0 Å². The fourth-order valence-corrected chi connectivity index (χ4v) is 2.53. The summed E-state index contributed by atoms with van der Waals surface area (Å²) >= 11 is 11.0. The largest absolute Gasteiger partial charge is 0.148 e. The molecule has 0 bridgehead atoms. The van der Waals surface area contributed by atoms with Crippen molar-refractivity contribution in [3.8, 4) is 0 Å². The number of allylic oxidation sites excluding steroid dienone is 3. The second-order valence-electron chi connectivity index (χ2n) is 7.80. The summed E-state index contributed by atoms with van der Waals surface area (Å²) in [6.07, 6.45) is 16.3. The summed E-state index contributed by atoms with van der Waals surface area (Å²) in [6, 6.07) is 0. The molecule has 0 aromatic heterocycles. The molecule has 0 aromatic rings. The standard InChI is InChI=1S/C20H34Cl2/c1-6-19(2,3)15-11-7-8-12-16-20(4,5)17-13-9-10-14-18(21)22/h9-10,13H,6-8,11-12,15-17H2,1-5H3. The lowest BCUT2D eigenvalue weighted by Gasteiger charge is -2.24. The van der Waals surface area contributed by atoms with E-state index in [0.29, 0.717) is 10.8 Å². The van der Waals surface area contributed by atoms with Gasteiger partial charge in [-0.1, -0.05) is 108 Å². The Kier molecular flexibility index (Phi) is 11.3. The quantitative estimate of drug-likeness (QED) is 0.201. The molecule has 0 N–H and O–H groups in total. The highest BCUT2D eigenvalue weighted by molar-refractivity contribution is 6.55. The van der Waals surface area contributed by atoms with Gasteiger partial charge in [-0.05, 0) is 36.2 Å². The minimum atomic E-state index is 0.176. The van der Waals surface area contributed by atoms with Crippen molar-refractivity contribution >= 4 is 23.2 Å². The van der Waals surface area contributed by atoms with E-state index in [1.54, 1.807) is 6.08 Å². The predicted octanol–water partition coefficient (Wildman–Crippen LogP) is 8.21. The Morgan fingerprint density at radius 1 is 0.909 bits per heavy atom. The van der Waals surface area contributed by atoms with E-state index in [2.05, 4.69) is 46.4 Å². The van der Waals surface area contributed by atoms with Gasteiger partial charge in [0.05, 0.1) is 0 Å². The van der Waals surface area contributed by atoms with E-state index in [1.165, 1.54) is 44.9 Å². The van der Waals surface area contributed by atoms with Crippen LogP contribution >= 0.6 is 23.2 Å². The minimum absolute atomic E-state index is 0.176. The van der Waals surface area contributed by atoms with Gasteiger partial charge in [0.25, 0.3) is 0 Å². The summed E-state index contributed by atoms with van der Waals surface area (Å²) in [5.74, 6) is 0. The molecule has 0 aromatic carbocycles. The van der Waals surface area contributed by atoms with Gasteiger partial charge in [-0.25, -0.2) is 0 Å². The molecule has 0 heterocycles. The van der Waals surface area contributed by atoms with E-state index in [1.807, 2.05) is 6.08 Å². The number of unbranched alkanes of at least 4 members (excludes halogenated alkanes) is 3. The maximum atomic E-state index is 5.50. The molecule has 128 valence electrons. The fraction of sp³-hybridized carbons (Fsp3) is 0.750. The van der Waals surface area contributed by atoms with Crippen LogP contribution in [0.5, 0.6) is 0 Å². The van der Waals surface area contributed by atoms with Crippen molar-refractivity contribution in [2.45, 2.75) is 86.0 Å². The van der Waals surface area contributed by atoms with Gasteiger partial charge in [-0.15, -0.1) is 0 Å². The van der Waals surface area contributed by atoms with Gasteiger partial charge in [-0.3, -0.25) is 0 Å². The molecule has 0 aliphatic rings. The predicted molar refractivity (Wildman–Crippen MR) is 103 cm³/mol. The van der Waals surface area contributed by atoms with Crippen LogP contribution in [0.2, 0.25) is 0 Å². The first kappa shape index (κ1) is 21.8. The summed E-state index contributed by atoms with van der Waals surface area (Å²) < 4.78 is 0.176. The zero-order chi connectivity index (χ0) is 17.1. The van der Waals surface area contributed by atoms with Gasteiger partial charge < -0.3 is 0 Å². The summed E-state index contributed by atoms with van der Waals surface area (Å²) in [6.45, 7) is 11.7. The lowest BCUT2D eigenvalue weighted by Crippen LogP contribution is -2.10. The molecule has 2 heteroatoms. The minimum Gasteiger partial charge on any atom is -0.0884 e. The normalized spacial score (nSPS) is 12.5. The van der Waals surface area contributed by atoms with Gasteiger partial charge in [-0.2, -0.15) is 0 Å². The van der Waals surface area contributed by atoms with Crippen molar-refractivity contribution in [2.75, 3.05) is 0 Å². The van der Waals surface area contributed by atoms with Crippen molar-refractivity contribution < 1.29 is 0 Å². The molecule has 0 rings (SSSR count). The third-order valence-electron chi connectivity index (χ3n) is 4.51. The fourth-order valence-electron chi connectivity index (χ4n) is 2.41. The molecular formula is C20H34Cl2. The summed E-state index contributed by atoms with van der Waals surface area (Å²) in [5, 5.41) is 0. The van der Waals surface area contributed by atoms with Crippen LogP contribution in [0.25, 0.3) is 0 Å². The van der Waals surface area contributed by atoms with Gasteiger partial charge in [0.1, 0.15) is 4.49 Å². The van der Waals surface area contributed by atoms with Crippen molar-refractivity contribution in [1.82, 2.24) is 0 Å². The first-order valence-electron chi connectivity index (χ1n) is 8.61. The van der Waals surface area contributed by atoms with Crippen LogP contribution in [0.3, 0.4) is 0 Å². The summed E-state index contributed by atoms with van der Waals surface area (Å²) in [4.78, 5) is 0. The van der Waals surface area contributed by atoms with Crippen molar-refractivity contribution in [2.24, 2.45) is 10.8 Å². The van der Waals surface area contributed by atoms with Crippen molar-refractivity contribution in [3.05, 3.63) is 28.5 Å². The summed E-state index contributed by atoms with van der Waals surface area (Å²) in [5.41, 5.74) is 3.64. The third-order valence-corrected chi connectivity index (χ3v) is 4.73. The first-order valence-corrected chi connectivity index (χ1v) is 9.37. The molecule has 0 fully saturated rings. The number of hydrogen-bond donors (Lipinski definition) is 0. The smallest absolute Gasteiger partial charge is 0.0884 e. The van der Waals surface area contributed by atoms with Crippen LogP contribution in [0.15, 0.2) is 28.5 Å². The van der Waals surface area contributed by atoms with Crippen LogP contribution < -0.4 is 0 Å². The van der Waals surface area contributed by atoms with E-state index >= 15 is 0 Å². The van der Waals surface area contributed by atoms with Crippen molar-refractivity contribution in [3.63, 3.8) is 0 Å². The number of hydrogen-bond acceptors (Lipinski definition) is 0. The maximum absolute atomic E-state index is 5.50. The number of halogens is 2. The van der Waals surface area contributed by atoms with Crippen LogP contribution in [-0.4, -0.2) is 0 Å². The first-order chi connectivity index (χ1) is 10.2. The molecule has 0 aliphatic heterocycles. The second kappa shape index (κ2) is 11.4. The van der Waals surface area contributed by atoms with Gasteiger partial charge >= 0.3 is 0 Å². The van der Waals surface area contributed by atoms with E-state index in [9.17, 15) is 0 Å². The lowest BCUT2D eigenvalue weighted by molar-refractivity contribution is 0.297. The van der Waals surface area contributed by atoms with Crippen molar-refractivity contribution in [1.29, 1.82) is 0 Å². The van der Waals surface area contributed by atoms with E-state index in [-0.39, 0.29) is 4.49 Å². The average Bonchev–Trinajstić information content (AvgIpc) is 2.42. The molecule has 0 radical (unpaired) electrons. The molecule has 0 unspecified atom stereocenters. The molecule has 0 nitrogen and oxygen atoms in total. The lowest BCUT2D eigenvalue weighted by atomic mass is 9.82. The molecule has 0 aliphatic carbocycles. The summed E-state index contributed by atoms with van der Waals surface area (Å²) in [7, 11) is 0. The van der Waals surface area contributed by atoms with Gasteiger partial charge in [0.15, 0.2) is 0 Å². The molecule has 0 spiro atoms. The Balaban J connectivity index is 3.83. The molecule has 0 amide bonds. The van der Waals surface area contributed by atoms with Crippen LogP contribution in [-0.2, 0) is 0 Å². The van der Waals surface area contributed by atoms with E-state index in [4.69, 9.17) is 23.2 Å². The molecular weight excluding hydrogens is 311 g/mol. The second-order valence-corrected chi connectivity index (χ2v) is 8.75. The highest BCUT2D eigenvalue weighted by Gasteiger charge is 2.16. The molecule has 0 saturated heterocycles. The Labute approximate surface area is 148 Å². The molecule has 0 atom stereocenters. The highest BCUT2D eigenvalue weighted by Crippen LogP contribution is 2.30. The molecule has 22 heavy (non-hydrogen) atoms. The average molecular weight is 345 g/mol. The SMILES string of the molecule is CCC(C)(C)CCCCCCC(C)(C)CC=CC=C=C(Cl)Cl. The third kappa shape index (κ3) is 13.5.